The van der Waals surface area contributed by atoms with E-state index in [1.165, 1.54) is 5.56 Å². The van der Waals surface area contributed by atoms with Gasteiger partial charge in [0.2, 0.25) is 5.91 Å². The van der Waals surface area contributed by atoms with Crippen LogP contribution in [-0.2, 0) is 11.3 Å². The third-order valence-electron chi connectivity index (χ3n) is 7.57. The quantitative estimate of drug-likeness (QED) is 0.314. The second kappa shape index (κ2) is 11.2. The highest BCUT2D eigenvalue weighted by Gasteiger charge is 2.35. The molecule has 40 heavy (non-hydrogen) atoms. The molecule has 1 fully saturated rings. The van der Waals surface area contributed by atoms with E-state index in [1.54, 1.807) is 12.7 Å². The smallest absolute Gasteiger partial charge is 0.222 e. The lowest BCUT2D eigenvalue weighted by Gasteiger charge is -2.42. The first-order chi connectivity index (χ1) is 19.6. The molecule has 1 aliphatic rings. The maximum Gasteiger partial charge on any atom is 0.222 e. The highest BCUT2D eigenvalue weighted by Crippen LogP contribution is 2.37. The summed E-state index contributed by atoms with van der Waals surface area (Å²) in [6, 6.07) is 20.7. The predicted octanol–water partition coefficient (Wildman–Crippen LogP) is 2.76. The van der Waals surface area contributed by atoms with Crippen LogP contribution in [0.1, 0.15) is 42.2 Å². The minimum absolute atomic E-state index is 0.0213. The van der Waals surface area contributed by atoms with E-state index >= 15 is 0 Å². The van der Waals surface area contributed by atoms with Crippen LogP contribution in [0.5, 0.6) is 0 Å². The van der Waals surface area contributed by atoms with Crippen molar-refractivity contribution in [3.05, 3.63) is 102 Å². The lowest BCUT2D eigenvalue weighted by molar-refractivity contribution is -0.133. The Balaban J connectivity index is 1.37. The first-order valence-corrected chi connectivity index (χ1v) is 13.6. The number of carbonyl (C=O) groups is 1. The molecule has 1 amide bonds. The summed E-state index contributed by atoms with van der Waals surface area (Å²) in [4.78, 5) is 28.4. The number of aromatic amines is 1. The lowest BCUT2D eigenvalue weighted by Crippen LogP contribution is -2.51. The Morgan fingerprint density at radius 2 is 1.62 bits per heavy atom. The highest BCUT2D eigenvalue weighted by atomic mass is 16.2. The molecular weight excluding hydrogens is 504 g/mol. The predicted molar refractivity (Wildman–Crippen MR) is 149 cm³/mol. The van der Waals surface area contributed by atoms with Gasteiger partial charge in [0, 0.05) is 32.6 Å². The van der Waals surface area contributed by atoms with Gasteiger partial charge in [0.25, 0.3) is 0 Å². The van der Waals surface area contributed by atoms with Gasteiger partial charge >= 0.3 is 0 Å². The Morgan fingerprint density at radius 1 is 0.950 bits per heavy atom. The maximum atomic E-state index is 12.4. The molecule has 2 aromatic carbocycles. The summed E-state index contributed by atoms with van der Waals surface area (Å²) < 4.78 is 3.83. The average Bonchev–Trinajstić information content (AvgIpc) is 3.69. The molecule has 11 nitrogen and oxygen atoms in total. The molecule has 2 N–H and O–H groups in total. The largest absolute Gasteiger partial charge is 0.340 e. The fraction of sp³-hybridized carbons (Fsp3) is 0.310. The maximum absolute atomic E-state index is 12.4. The number of carbonyl (C=O) groups excluding carboxylic acids is 1. The number of hydrogen-bond acceptors (Lipinski definition) is 7. The van der Waals surface area contributed by atoms with Gasteiger partial charge in [-0.3, -0.25) is 15.1 Å². The van der Waals surface area contributed by atoms with Gasteiger partial charge in [0.1, 0.15) is 11.2 Å². The topological polar surface area (TPSA) is 125 Å². The molecule has 1 aliphatic heterocycles. The van der Waals surface area contributed by atoms with Gasteiger partial charge in [-0.15, -0.1) is 5.10 Å². The van der Waals surface area contributed by atoms with Crippen LogP contribution in [0.3, 0.4) is 0 Å². The van der Waals surface area contributed by atoms with Crippen LogP contribution in [0.15, 0.2) is 79.5 Å². The highest BCUT2D eigenvalue weighted by molar-refractivity contribution is 5.75. The number of rotatable bonds is 8. The molecule has 3 aromatic heterocycles. The summed E-state index contributed by atoms with van der Waals surface area (Å²) in [6.07, 6.45) is 5.70. The number of benzene rings is 2. The van der Waals surface area contributed by atoms with Gasteiger partial charge in [-0.1, -0.05) is 72.8 Å². The second-order valence-corrected chi connectivity index (χ2v) is 9.99. The molecule has 4 heterocycles. The molecular formula is C29H32N10O. The fourth-order valence-corrected chi connectivity index (χ4v) is 5.58. The second-order valence-electron chi connectivity index (χ2n) is 9.99. The van der Waals surface area contributed by atoms with E-state index in [1.807, 2.05) is 39.4 Å². The fourth-order valence-electron chi connectivity index (χ4n) is 5.58. The third kappa shape index (κ3) is 5.03. The normalized spacial score (nSPS) is 15.8. The molecule has 11 heteroatoms. The molecule has 1 saturated heterocycles. The van der Waals surface area contributed by atoms with Crippen molar-refractivity contribution in [2.45, 2.75) is 32.0 Å². The summed E-state index contributed by atoms with van der Waals surface area (Å²) in [5.74, 6) is 0.202. The van der Waals surface area contributed by atoms with Crippen molar-refractivity contribution < 1.29 is 4.79 Å². The van der Waals surface area contributed by atoms with E-state index in [0.29, 0.717) is 37.2 Å². The van der Waals surface area contributed by atoms with Gasteiger partial charge < -0.3 is 14.5 Å². The molecule has 0 saturated carbocycles. The minimum atomic E-state index is -0.151. The summed E-state index contributed by atoms with van der Waals surface area (Å²) >= 11 is 0. The van der Waals surface area contributed by atoms with E-state index in [-0.39, 0.29) is 23.5 Å². The Labute approximate surface area is 231 Å². The first kappa shape index (κ1) is 25.6. The van der Waals surface area contributed by atoms with Crippen LogP contribution in [-0.4, -0.2) is 76.4 Å². The number of imidazole rings is 1. The van der Waals surface area contributed by atoms with E-state index in [9.17, 15) is 4.79 Å². The molecule has 0 radical (unpaired) electrons. The Hall–Kier alpha value is -4.64. The van der Waals surface area contributed by atoms with Crippen LogP contribution in [0.2, 0.25) is 0 Å². The molecule has 2 atom stereocenters. The Kier molecular flexibility index (Phi) is 7.19. The standard InChI is InChI=1S/C29H32N10O/c1-2-24(40)36-13-15-37(16-14-36)26(21-9-5-3-6-10-21)27(22-11-7-4-8-12-22)39-18-23(34-35-39)17-38-20-33-28(30)25-29(38)32-19-31-25/h3-12,18-20,26-27,30H,2,13-17H2,1H3,(H,31,32). The van der Waals surface area contributed by atoms with Crippen LogP contribution >= 0.6 is 0 Å². The van der Waals surface area contributed by atoms with Gasteiger partial charge in [-0.2, -0.15) is 0 Å². The molecule has 5 aromatic rings. The van der Waals surface area contributed by atoms with Gasteiger partial charge in [0.15, 0.2) is 11.1 Å². The molecule has 0 aliphatic carbocycles. The number of nitrogens with zero attached hydrogens (tertiary/aromatic N) is 8. The Morgan fingerprint density at radius 3 is 2.30 bits per heavy atom. The molecule has 0 spiro atoms. The van der Waals surface area contributed by atoms with E-state index in [4.69, 9.17) is 5.41 Å². The zero-order valence-electron chi connectivity index (χ0n) is 22.4. The number of hydrogen-bond donors (Lipinski definition) is 2. The van der Waals surface area contributed by atoms with E-state index in [0.717, 1.165) is 24.3 Å². The minimum Gasteiger partial charge on any atom is -0.340 e. The average molecular weight is 537 g/mol. The van der Waals surface area contributed by atoms with Crippen LogP contribution in [0.4, 0.5) is 0 Å². The summed E-state index contributed by atoms with van der Waals surface area (Å²) in [5, 5.41) is 17.2. The summed E-state index contributed by atoms with van der Waals surface area (Å²) in [7, 11) is 0. The van der Waals surface area contributed by atoms with Crippen LogP contribution in [0.25, 0.3) is 11.2 Å². The van der Waals surface area contributed by atoms with Crippen LogP contribution < -0.4 is 5.49 Å². The van der Waals surface area contributed by atoms with Crippen molar-refractivity contribution in [3.8, 4) is 0 Å². The third-order valence-corrected chi connectivity index (χ3v) is 7.57. The molecule has 0 bridgehead atoms. The van der Waals surface area contributed by atoms with Gasteiger partial charge in [0.05, 0.1) is 37.5 Å². The zero-order chi connectivity index (χ0) is 27.5. The number of H-pyrrole nitrogens is 1. The van der Waals surface area contributed by atoms with Crippen molar-refractivity contribution in [2.75, 3.05) is 26.2 Å². The number of amides is 1. The van der Waals surface area contributed by atoms with Gasteiger partial charge in [-0.05, 0) is 11.1 Å². The Bertz CT molecular complexity index is 1630. The zero-order valence-corrected chi connectivity index (χ0v) is 22.4. The lowest BCUT2D eigenvalue weighted by atomic mass is 9.91. The monoisotopic (exact) mass is 536 g/mol. The summed E-state index contributed by atoms with van der Waals surface area (Å²) in [6.45, 7) is 5.29. The molecule has 6 rings (SSSR count). The first-order valence-electron chi connectivity index (χ1n) is 13.6. The van der Waals surface area contributed by atoms with Crippen molar-refractivity contribution in [1.82, 2.24) is 44.3 Å². The van der Waals surface area contributed by atoms with Gasteiger partial charge in [-0.25, -0.2) is 14.6 Å². The molecule has 204 valence electrons. The number of piperazine rings is 1. The number of fused-ring (bicyclic) bond motifs is 1. The number of aromatic nitrogens is 7. The van der Waals surface area contributed by atoms with E-state index in [2.05, 4.69) is 78.7 Å². The van der Waals surface area contributed by atoms with Crippen molar-refractivity contribution in [1.29, 1.82) is 5.41 Å². The van der Waals surface area contributed by atoms with Crippen molar-refractivity contribution in [2.24, 2.45) is 0 Å². The summed E-state index contributed by atoms with van der Waals surface area (Å²) in [5.41, 5.74) is 4.47. The van der Waals surface area contributed by atoms with Crippen molar-refractivity contribution >= 4 is 17.1 Å². The van der Waals surface area contributed by atoms with E-state index < -0.39 is 0 Å². The van der Waals surface area contributed by atoms with Crippen LogP contribution in [0, 0.1) is 5.41 Å². The SMILES string of the molecule is CCC(=O)N1CCN(C(c2ccccc2)C(c2ccccc2)n2cc(Cn3cnc(=N)c4[nH]cnc43)nn2)CC1. The van der Waals surface area contributed by atoms with Crippen molar-refractivity contribution in [3.63, 3.8) is 0 Å². The number of nitrogens with one attached hydrogen (secondary N) is 2. The molecule has 2 unspecified atom stereocenters.